The number of methoxy groups -OCH3 is 2. The van der Waals surface area contributed by atoms with Crippen LogP contribution in [0.4, 0.5) is 0 Å². The summed E-state index contributed by atoms with van der Waals surface area (Å²) in [6, 6.07) is 7.02. The summed E-state index contributed by atoms with van der Waals surface area (Å²) in [5.74, 6) is 1.96. The lowest BCUT2D eigenvalue weighted by molar-refractivity contribution is 0.355. The van der Waals surface area contributed by atoms with Crippen LogP contribution in [0.1, 0.15) is 12.7 Å². The minimum Gasteiger partial charge on any atom is -0.493 e. The fourth-order valence-corrected chi connectivity index (χ4v) is 2.15. The Balaban J connectivity index is 2.54. The van der Waals surface area contributed by atoms with E-state index < -0.39 is 0 Å². The van der Waals surface area contributed by atoms with Crippen LogP contribution in [-0.2, 0) is 6.54 Å². The van der Waals surface area contributed by atoms with Gasteiger partial charge in [-0.1, -0.05) is 0 Å². The first-order valence-electron chi connectivity index (χ1n) is 6.41. The van der Waals surface area contributed by atoms with Gasteiger partial charge >= 0.3 is 0 Å². The molecule has 0 saturated heterocycles. The Morgan fingerprint density at radius 3 is 2.40 bits per heavy atom. The number of hydrogen-bond acceptors (Lipinski definition) is 4. The molecule has 5 heteroatoms. The highest BCUT2D eigenvalue weighted by molar-refractivity contribution is 5.63. The van der Waals surface area contributed by atoms with E-state index in [1.165, 1.54) is 6.07 Å². The number of ether oxygens (including phenoxy) is 2. The van der Waals surface area contributed by atoms with Gasteiger partial charge in [-0.15, -0.1) is 0 Å². The van der Waals surface area contributed by atoms with E-state index in [1.807, 2.05) is 26.0 Å². The normalized spacial score (nSPS) is 10.4. The summed E-state index contributed by atoms with van der Waals surface area (Å²) in [6.45, 7) is 4.37. The molecule has 0 atom stereocenters. The molecule has 2 aromatic rings. The van der Waals surface area contributed by atoms with Crippen molar-refractivity contribution in [2.75, 3.05) is 14.2 Å². The summed E-state index contributed by atoms with van der Waals surface area (Å²) in [7, 11) is 3.16. The van der Waals surface area contributed by atoms with Crippen LogP contribution in [0.15, 0.2) is 29.1 Å². The van der Waals surface area contributed by atoms with Crippen molar-refractivity contribution in [3.05, 3.63) is 40.4 Å². The van der Waals surface area contributed by atoms with Crippen molar-refractivity contribution in [2.45, 2.75) is 20.4 Å². The summed E-state index contributed by atoms with van der Waals surface area (Å²) in [5.41, 5.74) is 1.41. The molecule has 1 aromatic heterocycles. The van der Waals surface area contributed by atoms with Crippen molar-refractivity contribution in [1.29, 1.82) is 0 Å². The van der Waals surface area contributed by atoms with Gasteiger partial charge in [0.25, 0.3) is 5.56 Å². The number of hydrogen-bond donors (Lipinski definition) is 0. The van der Waals surface area contributed by atoms with Crippen LogP contribution >= 0.6 is 0 Å². The van der Waals surface area contributed by atoms with Gasteiger partial charge in [-0.25, -0.2) is 4.98 Å². The molecule has 1 aromatic carbocycles. The molecule has 106 valence electrons. The maximum absolute atomic E-state index is 12.0. The molecule has 0 radical (unpaired) electrons. The second kappa shape index (κ2) is 5.77. The quantitative estimate of drug-likeness (QED) is 0.858. The fraction of sp³-hybridized carbons (Fsp3) is 0.333. The van der Waals surface area contributed by atoms with E-state index in [0.29, 0.717) is 29.6 Å². The first-order chi connectivity index (χ1) is 9.60. The van der Waals surface area contributed by atoms with Gasteiger partial charge < -0.3 is 9.47 Å². The number of rotatable bonds is 4. The van der Waals surface area contributed by atoms with E-state index in [4.69, 9.17) is 9.47 Å². The Hall–Kier alpha value is -2.30. The van der Waals surface area contributed by atoms with Crippen LogP contribution in [0.5, 0.6) is 11.5 Å². The molecule has 2 rings (SSSR count). The molecule has 0 unspecified atom stereocenters. The third kappa shape index (κ3) is 2.52. The molecule has 0 saturated carbocycles. The van der Waals surface area contributed by atoms with E-state index in [0.717, 1.165) is 5.56 Å². The third-order valence-electron chi connectivity index (χ3n) is 3.19. The first-order valence-corrected chi connectivity index (χ1v) is 6.41. The Kier molecular flexibility index (Phi) is 4.08. The van der Waals surface area contributed by atoms with Crippen molar-refractivity contribution in [3.63, 3.8) is 0 Å². The van der Waals surface area contributed by atoms with E-state index in [2.05, 4.69) is 4.98 Å². The van der Waals surface area contributed by atoms with Gasteiger partial charge in [-0.05, 0) is 32.0 Å². The molecule has 0 bridgehead atoms. The van der Waals surface area contributed by atoms with Gasteiger partial charge in [-0.2, -0.15) is 0 Å². The molecule has 0 aliphatic heterocycles. The topological polar surface area (TPSA) is 53.4 Å². The van der Waals surface area contributed by atoms with Gasteiger partial charge in [0.15, 0.2) is 11.5 Å². The largest absolute Gasteiger partial charge is 0.493 e. The second-order valence-electron chi connectivity index (χ2n) is 4.34. The summed E-state index contributed by atoms with van der Waals surface area (Å²) in [4.78, 5) is 16.5. The zero-order valence-corrected chi connectivity index (χ0v) is 12.1. The maximum Gasteiger partial charge on any atom is 0.254 e. The molecule has 0 aliphatic carbocycles. The minimum absolute atomic E-state index is 0.0511. The minimum atomic E-state index is -0.0511. The summed E-state index contributed by atoms with van der Waals surface area (Å²) in [5, 5.41) is 0. The predicted octanol–water partition coefficient (Wildman–Crippen LogP) is 2.26. The Bertz CT molecular complexity index is 677. The highest BCUT2D eigenvalue weighted by atomic mass is 16.5. The van der Waals surface area contributed by atoms with Crippen molar-refractivity contribution < 1.29 is 9.47 Å². The van der Waals surface area contributed by atoms with Crippen molar-refractivity contribution in [2.24, 2.45) is 0 Å². The molecule has 20 heavy (non-hydrogen) atoms. The molecule has 5 nitrogen and oxygen atoms in total. The Morgan fingerprint density at radius 2 is 1.85 bits per heavy atom. The van der Waals surface area contributed by atoms with E-state index in [1.54, 1.807) is 24.9 Å². The highest BCUT2D eigenvalue weighted by Crippen LogP contribution is 2.31. The van der Waals surface area contributed by atoms with E-state index in [-0.39, 0.29) is 5.56 Å². The molecule has 0 spiro atoms. The standard InChI is InChI=1S/C15H18N2O3/c1-5-17-10(2)16-12(9-15(17)18)11-6-7-13(19-3)14(8-11)20-4/h6-9H,5H2,1-4H3. The van der Waals surface area contributed by atoms with Gasteiger partial charge in [0.2, 0.25) is 0 Å². The molecular weight excluding hydrogens is 256 g/mol. The second-order valence-corrected chi connectivity index (χ2v) is 4.34. The third-order valence-corrected chi connectivity index (χ3v) is 3.19. The average Bonchev–Trinajstić information content (AvgIpc) is 2.46. The van der Waals surface area contributed by atoms with Crippen LogP contribution in [0.3, 0.4) is 0 Å². The Labute approximate surface area is 117 Å². The summed E-state index contributed by atoms with van der Waals surface area (Å²) < 4.78 is 12.1. The fourth-order valence-electron chi connectivity index (χ4n) is 2.15. The zero-order valence-electron chi connectivity index (χ0n) is 12.1. The van der Waals surface area contributed by atoms with Crippen LogP contribution in [-0.4, -0.2) is 23.8 Å². The number of nitrogens with zero attached hydrogens (tertiary/aromatic N) is 2. The van der Waals surface area contributed by atoms with Crippen LogP contribution < -0.4 is 15.0 Å². The van der Waals surface area contributed by atoms with Crippen LogP contribution in [0.25, 0.3) is 11.3 Å². The van der Waals surface area contributed by atoms with Gasteiger partial charge in [-0.3, -0.25) is 9.36 Å². The van der Waals surface area contributed by atoms with Crippen LogP contribution in [0.2, 0.25) is 0 Å². The molecule has 0 N–H and O–H groups in total. The first kappa shape index (κ1) is 14.1. The highest BCUT2D eigenvalue weighted by Gasteiger charge is 2.09. The van der Waals surface area contributed by atoms with Crippen molar-refractivity contribution >= 4 is 0 Å². The number of aryl methyl sites for hydroxylation is 1. The maximum atomic E-state index is 12.0. The smallest absolute Gasteiger partial charge is 0.254 e. The average molecular weight is 274 g/mol. The van der Waals surface area contributed by atoms with E-state index >= 15 is 0 Å². The molecule has 0 fully saturated rings. The van der Waals surface area contributed by atoms with Gasteiger partial charge in [0.1, 0.15) is 5.82 Å². The van der Waals surface area contributed by atoms with Gasteiger partial charge in [0.05, 0.1) is 19.9 Å². The molecule has 0 amide bonds. The number of aromatic nitrogens is 2. The van der Waals surface area contributed by atoms with Crippen molar-refractivity contribution in [3.8, 4) is 22.8 Å². The Morgan fingerprint density at radius 1 is 1.15 bits per heavy atom. The van der Waals surface area contributed by atoms with E-state index in [9.17, 15) is 4.79 Å². The van der Waals surface area contributed by atoms with Crippen molar-refractivity contribution in [1.82, 2.24) is 9.55 Å². The summed E-state index contributed by atoms with van der Waals surface area (Å²) in [6.07, 6.45) is 0. The predicted molar refractivity (Wildman–Crippen MR) is 77.4 cm³/mol. The lowest BCUT2D eigenvalue weighted by Gasteiger charge is -2.11. The monoisotopic (exact) mass is 274 g/mol. The lowest BCUT2D eigenvalue weighted by Crippen LogP contribution is -2.22. The lowest BCUT2D eigenvalue weighted by atomic mass is 10.1. The van der Waals surface area contributed by atoms with Crippen LogP contribution in [0, 0.1) is 6.92 Å². The molecule has 1 heterocycles. The summed E-state index contributed by atoms with van der Waals surface area (Å²) >= 11 is 0. The zero-order chi connectivity index (χ0) is 14.7. The number of benzene rings is 1. The SMILES string of the molecule is CCn1c(C)nc(-c2ccc(OC)c(OC)c2)cc1=O. The molecule has 0 aliphatic rings. The molecular formula is C15H18N2O3. The van der Waals surface area contributed by atoms with Gasteiger partial charge in [0, 0.05) is 18.2 Å².